The van der Waals surface area contributed by atoms with Gasteiger partial charge in [0.15, 0.2) is 0 Å². The van der Waals surface area contributed by atoms with Crippen molar-refractivity contribution in [1.29, 1.82) is 0 Å². The molecule has 0 aromatic carbocycles. The monoisotopic (exact) mass is 182 g/mol. The van der Waals surface area contributed by atoms with Gasteiger partial charge in [-0.25, -0.2) is 0 Å². The second-order valence-corrected chi connectivity index (χ2v) is 6.22. The van der Waals surface area contributed by atoms with Gasteiger partial charge in [0, 0.05) is 6.42 Å². The minimum Gasteiger partial charge on any atom is -0.328 e. The van der Waals surface area contributed by atoms with E-state index in [1.165, 1.54) is 49.4 Å². The van der Waals surface area contributed by atoms with Crippen molar-refractivity contribution < 1.29 is 4.48 Å². The molecule has 0 aliphatic heterocycles. The van der Waals surface area contributed by atoms with Gasteiger partial charge < -0.3 is 4.48 Å². The van der Waals surface area contributed by atoms with Crippen molar-refractivity contribution in [2.45, 2.75) is 51.0 Å². The number of hydrogen-bond acceptors (Lipinski definition) is 0. The number of hydrogen-bond donors (Lipinski definition) is 0. The average Bonchev–Trinajstić information content (AvgIpc) is 2.60. The summed E-state index contributed by atoms with van der Waals surface area (Å²) >= 11 is 0. The van der Waals surface area contributed by atoms with Gasteiger partial charge >= 0.3 is 0 Å². The largest absolute Gasteiger partial charge is 0.328 e. The summed E-state index contributed by atoms with van der Waals surface area (Å²) in [5, 5.41) is 0. The summed E-state index contributed by atoms with van der Waals surface area (Å²) in [6.07, 6.45) is 10.6. The summed E-state index contributed by atoms with van der Waals surface area (Å²) < 4.78 is 1.18. The molecule has 0 radical (unpaired) electrons. The van der Waals surface area contributed by atoms with E-state index in [4.69, 9.17) is 0 Å². The third kappa shape index (κ3) is 1.76. The first-order valence-electron chi connectivity index (χ1n) is 5.83. The molecule has 0 aromatic heterocycles. The van der Waals surface area contributed by atoms with Gasteiger partial charge in [-0.15, -0.1) is 0 Å². The zero-order chi connectivity index (χ0) is 9.53. The fourth-order valence-corrected chi connectivity index (χ4v) is 3.42. The molecule has 0 amide bonds. The molecule has 1 unspecified atom stereocenters. The Morgan fingerprint density at radius 3 is 2.08 bits per heavy atom. The summed E-state index contributed by atoms with van der Waals surface area (Å²) in [4.78, 5) is 0. The molecule has 0 heterocycles. The van der Waals surface area contributed by atoms with E-state index in [9.17, 15) is 0 Å². The van der Waals surface area contributed by atoms with Gasteiger partial charge in [0.05, 0.1) is 27.2 Å². The molecule has 2 aliphatic carbocycles. The second-order valence-electron chi connectivity index (χ2n) is 6.22. The molecule has 1 atom stereocenters. The normalized spacial score (nSPS) is 33.0. The Labute approximate surface area is 82.7 Å². The van der Waals surface area contributed by atoms with Crippen LogP contribution >= 0.6 is 0 Å². The van der Waals surface area contributed by atoms with Crippen molar-refractivity contribution in [1.82, 2.24) is 0 Å². The highest BCUT2D eigenvalue weighted by Crippen LogP contribution is 2.51. The highest BCUT2D eigenvalue weighted by atomic mass is 15.3. The molecule has 0 N–H and O–H groups in total. The summed E-state index contributed by atoms with van der Waals surface area (Å²) in [6, 6.07) is 0.943. The molecule has 2 rings (SSSR count). The molecule has 13 heavy (non-hydrogen) atoms. The molecule has 2 fully saturated rings. The summed E-state index contributed by atoms with van der Waals surface area (Å²) in [5.74, 6) is 0. The fourth-order valence-electron chi connectivity index (χ4n) is 3.42. The molecular formula is C12H24N+. The first-order valence-corrected chi connectivity index (χ1v) is 5.83. The van der Waals surface area contributed by atoms with E-state index in [-0.39, 0.29) is 0 Å². The molecule has 0 aromatic rings. The Hall–Kier alpha value is -0.0400. The number of nitrogens with zero attached hydrogens (tertiary/aromatic N) is 1. The van der Waals surface area contributed by atoms with Gasteiger partial charge in [-0.1, -0.05) is 12.8 Å². The summed E-state index contributed by atoms with van der Waals surface area (Å²) in [5.41, 5.74) is 0.802. The lowest BCUT2D eigenvalue weighted by atomic mass is 9.84. The first kappa shape index (κ1) is 9.51. The van der Waals surface area contributed by atoms with Crippen LogP contribution < -0.4 is 0 Å². The van der Waals surface area contributed by atoms with Crippen LogP contribution in [-0.2, 0) is 0 Å². The standard InChI is InChI=1S/C12H24N/c1-13(2,3)11-6-9-12(10-11)7-4-5-8-12/h11H,4-10H2,1-3H3/q+1. The molecule has 2 saturated carbocycles. The lowest BCUT2D eigenvalue weighted by Crippen LogP contribution is -2.44. The Balaban J connectivity index is 2.01. The molecule has 76 valence electrons. The van der Waals surface area contributed by atoms with E-state index in [0.29, 0.717) is 0 Å². The molecule has 1 heteroatoms. The predicted molar refractivity (Wildman–Crippen MR) is 56.6 cm³/mol. The van der Waals surface area contributed by atoms with Crippen molar-refractivity contribution in [2.24, 2.45) is 5.41 Å². The van der Waals surface area contributed by atoms with E-state index < -0.39 is 0 Å². The molecule has 0 saturated heterocycles. The van der Waals surface area contributed by atoms with Gasteiger partial charge in [-0.3, -0.25) is 0 Å². The number of rotatable bonds is 1. The van der Waals surface area contributed by atoms with Gasteiger partial charge in [-0.2, -0.15) is 0 Å². The molecule has 1 nitrogen and oxygen atoms in total. The summed E-state index contributed by atoms with van der Waals surface area (Å²) in [7, 11) is 7.08. The quantitative estimate of drug-likeness (QED) is 0.547. The molecule has 2 aliphatic rings. The van der Waals surface area contributed by atoms with Crippen LogP contribution in [0.3, 0.4) is 0 Å². The van der Waals surface area contributed by atoms with Crippen molar-refractivity contribution in [3.63, 3.8) is 0 Å². The van der Waals surface area contributed by atoms with Gasteiger partial charge in [-0.05, 0) is 31.1 Å². The third-order valence-electron chi connectivity index (χ3n) is 4.44. The Bertz CT molecular complexity index is 184. The maximum Gasteiger partial charge on any atom is 0.0889 e. The third-order valence-corrected chi connectivity index (χ3v) is 4.44. The van der Waals surface area contributed by atoms with Crippen molar-refractivity contribution in [3.8, 4) is 0 Å². The molecular weight excluding hydrogens is 158 g/mol. The maximum absolute atomic E-state index is 2.36. The minimum atomic E-state index is 0.802. The SMILES string of the molecule is C[N+](C)(C)C1CCC2(CCCC2)C1. The lowest BCUT2D eigenvalue weighted by Gasteiger charge is -2.33. The van der Waals surface area contributed by atoms with Crippen LogP contribution in [0.15, 0.2) is 0 Å². The minimum absolute atomic E-state index is 0.802. The van der Waals surface area contributed by atoms with Gasteiger partial charge in [0.1, 0.15) is 0 Å². The average molecular weight is 182 g/mol. The zero-order valence-corrected chi connectivity index (χ0v) is 9.47. The van der Waals surface area contributed by atoms with Crippen LogP contribution in [0.5, 0.6) is 0 Å². The van der Waals surface area contributed by atoms with Crippen molar-refractivity contribution >= 4 is 0 Å². The van der Waals surface area contributed by atoms with Crippen LogP contribution in [-0.4, -0.2) is 31.7 Å². The van der Waals surface area contributed by atoms with Crippen LogP contribution in [0.2, 0.25) is 0 Å². The lowest BCUT2D eigenvalue weighted by molar-refractivity contribution is -0.895. The van der Waals surface area contributed by atoms with Crippen LogP contribution in [0.4, 0.5) is 0 Å². The van der Waals surface area contributed by atoms with E-state index in [0.717, 1.165) is 11.5 Å². The number of quaternary nitrogens is 1. The smallest absolute Gasteiger partial charge is 0.0889 e. The molecule has 1 spiro atoms. The second kappa shape index (κ2) is 2.98. The van der Waals surface area contributed by atoms with E-state index in [1.807, 2.05) is 0 Å². The summed E-state index contributed by atoms with van der Waals surface area (Å²) in [6.45, 7) is 0. The Morgan fingerprint density at radius 1 is 1.00 bits per heavy atom. The molecule has 0 bridgehead atoms. The first-order chi connectivity index (χ1) is 6.02. The highest BCUT2D eigenvalue weighted by molar-refractivity contribution is 4.92. The van der Waals surface area contributed by atoms with Crippen LogP contribution in [0.1, 0.15) is 44.9 Å². The predicted octanol–water partition coefficient (Wildman–Crippen LogP) is 2.81. The van der Waals surface area contributed by atoms with Crippen LogP contribution in [0, 0.1) is 5.41 Å². The van der Waals surface area contributed by atoms with Gasteiger partial charge in [0.25, 0.3) is 0 Å². The Kier molecular flexibility index (Phi) is 2.18. The Morgan fingerprint density at radius 2 is 1.62 bits per heavy atom. The van der Waals surface area contributed by atoms with Crippen molar-refractivity contribution in [2.75, 3.05) is 21.1 Å². The van der Waals surface area contributed by atoms with E-state index >= 15 is 0 Å². The van der Waals surface area contributed by atoms with E-state index in [2.05, 4.69) is 21.1 Å². The van der Waals surface area contributed by atoms with Crippen molar-refractivity contribution in [3.05, 3.63) is 0 Å². The van der Waals surface area contributed by atoms with Gasteiger partial charge in [0.2, 0.25) is 0 Å². The maximum atomic E-state index is 2.36. The zero-order valence-electron chi connectivity index (χ0n) is 9.47. The van der Waals surface area contributed by atoms with Crippen LogP contribution in [0.25, 0.3) is 0 Å². The fraction of sp³-hybridized carbons (Fsp3) is 1.00. The topological polar surface area (TPSA) is 0 Å². The van der Waals surface area contributed by atoms with E-state index in [1.54, 1.807) is 0 Å². The highest BCUT2D eigenvalue weighted by Gasteiger charge is 2.45.